The van der Waals surface area contributed by atoms with Gasteiger partial charge in [-0.25, -0.2) is 13.1 Å². The number of nitriles is 1. The Labute approximate surface area is 123 Å². The van der Waals surface area contributed by atoms with Crippen molar-refractivity contribution in [2.45, 2.75) is 12.3 Å². The van der Waals surface area contributed by atoms with E-state index in [1.165, 1.54) is 10.9 Å². The lowest BCUT2D eigenvalue weighted by Gasteiger charge is -2.07. The average molecular weight is 305 g/mol. The summed E-state index contributed by atoms with van der Waals surface area (Å²) < 4.78 is 28.1. The van der Waals surface area contributed by atoms with Crippen molar-refractivity contribution in [1.82, 2.24) is 14.5 Å². The summed E-state index contributed by atoms with van der Waals surface area (Å²) in [6.07, 6.45) is 1.51. The second-order valence-corrected chi connectivity index (χ2v) is 6.33. The zero-order valence-electron chi connectivity index (χ0n) is 11.4. The summed E-state index contributed by atoms with van der Waals surface area (Å²) >= 11 is 0. The molecule has 0 atom stereocenters. The van der Waals surface area contributed by atoms with Crippen LogP contribution in [0.2, 0.25) is 0 Å². The van der Waals surface area contributed by atoms with Crippen LogP contribution in [0.15, 0.2) is 30.5 Å². The number of nitrogen functional groups attached to an aromatic ring is 1. The molecule has 1 aromatic carbocycles. The lowest BCUT2D eigenvalue weighted by Crippen LogP contribution is -2.25. The molecule has 0 unspecified atom stereocenters. The Morgan fingerprint density at radius 3 is 2.71 bits per heavy atom. The van der Waals surface area contributed by atoms with E-state index in [1.54, 1.807) is 31.3 Å². The summed E-state index contributed by atoms with van der Waals surface area (Å²) in [5.41, 5.74) is 7.17. The highest BCUT2D eigenvalue weighted by molar-refractivity contribution is 7.88. The van der Waals surface area contributed by atoms with Crippen molar-refractivity contribution in [3.8, 4) is 6.07 Å². The predicted octanol–water partition coefficient (Wildman–Crippen LogP) is 0.494. The number of aromatic nitrogens is 2. The van der Waals surface area contributed by atoms with Crippen molar-refractivity contribution in [2.75, 3.05) is 5.73 Å². The van der Waals surface area contributed by atoms with Gasteiger partial charge in [0, 0.05) is 19.2 Å². The minimum atomic E-state index is -3.57. The third kappa shape index (κ3) is 3.59. The van der Waals surface area contributed by atoms with Gasteiger partial charge in [-0.15, -0.1) is 0 Å². The van der Waals surface area contributed by atoms with Crippen molar-refractivity contribution in [2.24, 2.45) is 7.05 Å². The number of aryl methyl sites for hydroxylation is 1. The topological polar surface area (TPSA) is 114 Å². The zero-order chi connectivity index (χ0) is 15.5. The summed E-state index contributed by atoms with van der Waals surface area (Å²) in [7, 11) is -1.89. The number of anilines is 1. The molecule has 0 aliphatic carbocycles. The van der Waals surface area contributed by atoms with Crippen LogP contribution in [0.25, 0.3) is 0 Å². The number of nitrogens with one attached hydrogen (secondary N) is 1. The molecular weight excluding hydrogens is 290 g/mol. The number of hydrogen-bond donors (Lipinski definition) is 2. The second-order valence-electron chi connectivity index (χ2n) is 4.53. The number of benzene rings is 1. The summed E-state index contributed by atoms with van der Waals surface area (Å²) in [5, 5.41) is 12.9. The van der Waals surface area contributed by atoms with Crippen LogP contribution >= 0.6 is 0 Å². The minimum absolute atomic E-state index is 0.0662. The maximum absolute atomic E-state index is 12.1. The van der Waals surface area contributed by atoms with Gasteiger partial charge in [-0.1, -0.05) is 18.2 Å². The van der Waals surface area contributed by atoms with Crippen LogP contribution in [-0.4, -0.2) is 18.2 Å². The van der Waals surface area contributed by atoms with Gasteiger partial charge in [0.1, 0.15) is 5.82 Å². The zero-order valence-corrected chi connectivity index (χ0v) is 12.3. The molecule has 3 N–H and O–H groups in total. The molecule has 8 heteroatoms. The van der Waals surface area contributed by atoms with Gasteiger partial charge in [0.05, 0.1) is 23.6 Å². The third-order valence-corrected chi connectivity index (χ3v) is 4.31. The molecule has 1 aromatic heterocycles. The number of nitrogens with two attached hydrogens (primary N) is 1. The van der Waals surface area contributed by atoms with Crippen LogP contribution in [0.3, 0.4) is 0 Å². The monoisotopic (exact) mass is 305 g/mol. The molecule has 0 aliphatic heterocycles. The summed E-state index contributed by atoms with van der Waals surface area (Å²) in [6, 6.07) is 8.58. The molecule has 21 heavy (non-hydrogen) atoms. The highest BCUT2D eigenvalue weighted by Gasteiger charge is 2.15. The Morgan fingerprint density at radius 2 is 2.10 bits per heavy atom. The maximum atomic E-state index is 12.1. The van der Waals surface area contributed by atoms with Gasteiger partial charge in [-0.05, 0) is 11.6 Å². The van der Waals surface area contributed by atoms with Gasteiger partial charge < -0.3 is 5.73 Å². The SMILES string of the molecule is Cn1ncc(CNS(=O)(=O)Cc2ccccc2C#N)c1N. The first-order valence-corrected chi connectivity index (χ1v) is 7.80. The Kier molecular flexibility index (Phi) is 4.26. The Hall–Kier alpha value is -2.37. The molecule has 2 rings (SSSR count). The highest BCUT2D eigenvalue weighted by Crippen LogP contribution is 2.13. The van der Waals surface area contributed by atoms with Gasteiger partial charge in [0.2, 0.25) is 10.0 Å². The molecular formula is C13H15N5O2S. The minimum Gasteiger partial charge on any atom is -0.384 e. The van der Waals surface area contributed by atoms with Crippen LogP contribution in [0, 0.1) is 11.3 Å². The standard InChI is InChI=1S/C13H15N5O2S/c1-18-13(15)12(7-16-18)8-17-21(19,20)9-11-5-3-2-4-10(11)6-14/h2-5,7,17H,8-9,15H2,1H3. The van der Waals surface area contributed by atoms with Gasteiger partial charge >= 0.3 is 0 Å². The lowest BCUT2D eigenvalue weighted by atomic mass is 10.1. The van der Waals surface area contributed by atoms with Gasteiger partial charge in [-0.2, -0.15) is 10.4 Å². The molecule has 0 bridgehead atoms. The fourth-order valence-corrected chi connectivity index (χ4v) is 2.97. The number of rotatable bonds is 5. The number of hydrogen-bond acceptors (Lipinski definition) is 5. The third-order valence-electron chi connectivity index (χ3n) is 3.03. The molecule has 7 nitrogen and oxygen atoms in total. The van der Waals surface area contributed by atoms with E-state index in [-0.39, 0.29) is 12.3 Å². The first kappa shape index (κ1) is 15.0. The van der Waals surface area contributed by atoms with E-state index in [4.69, 9.17) is 11.0 Å². The van der Waals surface area contributed by atoms with Crippen molar-refractivity contribution < 1.29 is 8.42 Å². The van der Waals surface area contributed by atoms with E-state index in [0.717, 1.165) is 0 Å². The van der Waals surface area contributed by atoms with Crippen molar-refractivity contribution in [3.63, 3.8) is 0 Å². The second kappa shape index (κ2) is 5.95. The molecule has 0 radical (unpaired) electrons. The predicted molar refractivity (Wildman–Crippen MR) is 78.2 cm³/mol. The quantitative estimate of drug-likeness (QED) is 0.834. The van der Waals surface area contributed by atoms with E-state index in [0.29, 0.717) is 22.5 Å². The summed E-state index contributed by atoms with van der Waals surface area (Å²) in [4.78, 5) is 0. The van der Waals surface area contributed by atoms with Crippen LogP contribution in [0.5, 0.6) is 0 Å². The summed E-state index contributed by atoms with van der Waals surface area (Å²) in [6.45, 7) is 0.0662. The summed E-state index contributed by atoms with van der Waals surface area (Å²) in [5.74, 6) is 0.159. The fraction of sp³-hybridized carbons (Fsp3) is 0.231. The lowest BCUT2D eigenvalue weighted by molar-refractivity contribution is 0.580. The Morgan fingerprint density at radius 1 is 1.38 bits per heavy atom. The van der Waals surface area contributed by atoms with E-state index in [2.05, 4.69) is 9.82 Å². The van der Waals surface area contributed by atoms with Crippen LogP contribution in [0.4, 0.5) is 5.82 Å². The molecule has 1 heterocycles. The Balaban J connectivity index is 2.09. The van der Waals surface area contributed by atoms with Gasteiger partial charge in [0.25, 0.3) is 0 Å². The van der Waals surface area contributed by atoms with E-state index in [9.17, 15) is 8.42 Å². The van der Waals surface area contributed by atoms with Crippen LogP contribution in [0.1, 0.15) is 16.7 Å². The van der Waals surface area contributed by atoms with Crippen LogP contribution < -0.4 is 10.5 Å². The average Bonchev–Trinajstić information content (AvgIpc) is 2.77. The molecule has 0 aliphatic rings. The van der Waals surface area contributed by atoms with Crippen molar-refractivity contribution in [3.05, 3.63) is 47.2 Å². The van der Waals surface area contributed by atoms with Crippen molar-refractivity contribution >= 4 is 15.8 Å². The molecule has 0 saturated carbocycles. The number of sulfonamides is 1. The van der Waals surface area contributed by atoms with E-state index >= 15 is 0 Å². The molecule has 0 amide bonds. The van der Waals surface area contributed by atoms with Gasteiger partial charge in [0.15, 0.2) is 0 Å². The largest absolute Gasteiger partial charge is 0.384 e. The molecule has 110 valence electrons. The van der Waals surface area contributed by atoms with E-state index < -0.39 is 10.0 Å². The molecule has 0 fully saturated rings. The first-order chi connectivity index (χ1) is 9.93. The highest BCUT2D eigenvalue weighted by atomic mass is 32.2. The first-order valence-electron chi connectivity index (χ1n) is 6.14. The Bertz CT molecular complexity index is 789. The fourth-order valence-electron chi connectivity index (χ4n) is 1.83. The normalized spacial score (nSPS) is 11.2. The molecule has 0 spiro atoms. The van der Waals surface area contributed by atoms with Gasteiger partial charge in [-0.3, -0.25) is 4.68 Å². The van der Waals surface area contributed by atoms with Crippen molar-refractivity contribution in [1.29, 1.82) is 5.26 Å². The van der Waals surface area contributed by atoms with Crippen LogP contribution in [-0.2, 0) is 29.4 Å². The number of nitrogens with zero attached hydrogens (tertiary/aromatic N) is 3. The molecule has 0 saturated heterocycles. The maximum Gasteiger partial charge on any atom is 0.216 e. The van der Waals surface area contributed by atoms with E-state index in [1.807, 2.05) is 6.07 Å². The molecule has 2 aromatic rings. The smallest absolute Gasteiger partial charge is 0.216 e.